The van der Waals surface area contributed by atoms with Gasteiger partial charge in [-0.05, 0) is 0 Å². The van der Waals surface area contributed by atoms with E-state index in [0.29, 0.717) is 0 Å². The zero-order valence-electron chi connectivity index (χ0n) is 13.5. The van der Waals surface area contributed by atoms with Gasteiger partial charge in [0.15, 0.2) is 12.6 Å². The molecule has 0 rings (SSSR count). The van der Waals surface area contributed by atoms with Crippen molar-refractivity contribution in [2.75, 3.05) is 0 Å². The molecule has 0 saturated carbocycles. The first kappa shape index (κ1) is 30.5. The summed E-state index contributed by atoms with van der Waals surface area (Å²) in [5, 5.41) is 89.7. The second kappa shape index (κ2) is 14.7. The molecule has 152 valence electrons. The number of aliphatic carboxylic acids is 2. The summed E-state index contributed by atoms with van der Waals surface area (Å²) in [6.45, 7) is 0. The summed E-state index contributed by atoms with van der Waals surface area (Å²) in [5.41, 5.74) is 0. The van der Waals surface area contributed by atoms with Crippen LogP contribution >= 0.6 is 0 Å². The van der Waals surface area contributed by atoms with Crippen molar-refractivity contribution in [3.8, 4) is 0 Å². The van der Waals surface area contributed by atoms with Crippen LogP contribution in [0.4, 0.5) is 0 Å². The van der Waals surface area contributed by atoms with Crippen LogP contribution in [-0.2, 0) is 19.2 Å². The Labute approximate surface area is 167 Å². The summed E-state index contributed by atoms with van der Waals surface area (Å²) in [4.78, 5) is 39.7. The third-order valence-electron chi connectivity index (χ3n) is 2.81. The predicted molar refractivity (Wildman–Crippen MR) is 76.0 cm³/mol. The van der Waals surface area contributed by atoms with Gasteiger partial charge in [-0.25, -0.2) is 0 Å². The number of hydrogen-bond acceptors (Lipinski definition) is 14. The van der Waals surface area contributed by atoms with Crippen LogP contribution in [0.3, 0.4) is 0 Å². The molecule has 0 aliphatic heterocycles. The molecule has 27 heavy (non-hydrogen) atoms. The van der Waals surface area contributed by atoms with Crippen molar-refractivity contribution >= 4 is 47.6 Å². The molecule has 8 atom stereocenters. The summed E-state index contributed by atoms with van der Waals surface area (Å²) in [5.74, 6) is -4.02. The molecule has 8 N–H and O–H groups in total. The molecule has 0 aromatic heterocycles. The molecule has 0 aromatic rings. The van der Waals surface area contributed by atoms with E-state index in [1.807, 2.05) is 0 Å². The van der Waals surface area contributed by atoms with Crippen molar-refractivity contribution in [3.05, 3.63) is 0 Å². The van der Waals surface area contributed by atoms with Crippen LogP contribution in [-0.4, -0.2) is 137 Å². The Kier molecular flexibility index (Phi) is 16.6. The van der Waals surface area contributed by atoms with Crippen LogP contribution in [0.5, 0.6) is 0 Å². The fourth-order valence-electron chi connectivity index (χ4n) is 1.22. The number of aliphatic hydroxyl groups is 8. The van der Waals surface area contributed by atoms with E-state index in [2.05, 4.69) is 0 Å². The Morgan fingerprint density at radius 1 is 0.593 bits per heavy atom. The maximum Gasteiger partial charge on any atom is 2.00 e. The molecule has 15 heteroatoms. The number of aldehydes is 2. The van der Waals surface area contributed by atoms with E-state index in [1.165, 1.54) is 0 Å². The van der Waals surface area contributed by atoms with Crippen LogP contribution in [0.1, 0.15) is 0 Å². The van der Waals surface area contributed by atoms with E-state index in [9.17, 15) is 29.4 Å². The van der Waals surface area contributed by atoms with Crippen molar-refractivity contribution in [3.63, 3.8) is 0 Å². The third-order valence-corrected chi connectivity index (χ3v) is 2.81. The minimum atomic E-state index is -2.36. The van der Waals surface area contributed by atoms with Crippen molar-refractivity contribution < 1.29 is 70.2 Å². The quantitative estimate of drug-likeness (QED) is 0.123. The summed E-state index contributed by atoms with van der Waals surface area (Å²) >= 11 is 0. The van der Waals surface area contributed by atoms with Gasteiger partial charge in [-0.15, -0.1) is 0 Å². The molecule has 0 saturated heterocycles. The second-order valence-corrected chi connectivity index (χ2v) is 4.74. The number of carbonyl (C=O) groups excluding carboxylic acids is 4. The minimum absolute atomic E-state index is 0. The monoisotopic (exact) mass is 410 g/mol. The molecule has 0 aliphatic rings. The van der Waals surface area contributed by atoms with Crippen LogP contribution in [0, 0.1) is 0 Å². The van der Waals surface area contributed by atoms with E-state index < -0.39 is 60.8 Å². The molecule has 0 aromatic carbocycles. The van der Waals surface area contributed by atoms with Gasteiger partial charge in [0.1, 0.15) is 48.8 Å². The Bertz CT molecular complexity index is 431. The van der Waals surface area contributed by atoms with E-state index in [-0.39, 0.29) is 35.6 Å². The molecule has 0 radical (unpaired) electrons. The smallest absolute Gasteiger partial charge is 0.547 e. The van der Waals surface area contributed by atoms with Crippen LogP contribution in [0.25, 0.3) is 0 Å². The van der Waals surface area contributed by atoms with Crippen molar-refractivity contribution in [2.45, 2.75) is 48.8 Å². The van der Waals surface area contributed by atoms with E-state index in [4.69, 9.17) is 40.9 Å². The summed E-state index contributed by atoms with van der Waals surface area (Å²) in [6.07, 6.45) is -17.3. The first-order valence-corrected chi connectivity index (χ1v) is 6.60. The van der Waals surface area contributed by atoms with Gasteiger partial charge in [-0.2, -0.15) is 0 Å². The molecule has 0 unspecified atom stereocenters. The van der Waals surface area contributed by atoms with Gasteiger partial charge in [-0.3, -0.25) is 0 Å². The Balaban J connectivity index is -0.000000411. The van der Waals surface area contributed by atoms with E-state index in [1.54, 1.807) is 0 Å². The van der Waals surface area contributed by atoms with Gasteiger partial charge in [0.05, 0.1) is 11.9 Å². The molecule has 0 heterocycles. The number of rotatable bonds is 10. The fraction of sp³-hybridized carbons (Fsp3) is 0.667. The van der Waals surface area contributed by atoms with E-state index >= 15 is 0 Å². The summed E-state index contributed by atoms with van der Waals surface area (Å²) in [6, 6.07) is 0. The number of carboxylic acids is 2. The van der Waals surface area contributed by atoms with Crippen LogP contribution in [0.15, 0.2) is 0 Å². The SMILES string of the molecule is O=C[C@@H](O)[C@@H](O)[C@H](O)[C@H](O)C(=O)[O-].O=C[C@@H](O)[C@@H](O)[C@H](O)[C@H](O)C(=O)[O-].[Mg+2]. The molecule has 0 aliphatic carbocycles. The number of aliphatic hydroxyl groups excluding tert-OH is 8. The van der Waals surface area contributed by atoms with Crippen molar-refractivity contribution in [1.82, 2.24) is 0 Å². The zero-order valence-corrected chi connectivity index (χ0v) is 14.9. The Hall–Kier alpha value is -1.27. The zero-order chi connectivity index (χ0) is 21.2. The maximum absolute atomic E-state index is 9.95. The Morgan fingerprint density at radius 2 is 0.815 bits per heavy atom. The molecular weight excluding hydrogens is 392 g/mol. The molecule has 0 amide bonds. The normalized spacial score (nSPS) is 19.3. The second-order valence-electron chi connectivity index (χ2n) is 4.74. The largest absolute Gasteiger partial charge is 2.00 e. The molecular formula is C12H18MgO14. The summed E-state index contributed by atoms with van der Waals surface area (Å²) < 4.78 is 0. The standard InChI is InChI=1S/2C6H10O7.Mg/c2*7-1-2(8)3(9)4(10)5(11)6(12)13;/h2*1-5,8-11H,(H,12,13);/q;;+2/p-2/t2*2-,3-,4+,5+;/m11./s1. The molecule has 0 fully saturated rings. The van der Waals surface area contributed by atoms with Gasteiger partial charge < -0.3 is 70.2 Å². The molecule has 14 nitrogen and oxygen atoms in total. The first-order valence-electron chi connectivity index (χ1n) is 6.60. The van der Waals surface area contributed by atoms with Gasteiger partial charge >= 0.3 is 23.1 Å². The van der Waals surface area contributed by atoms with Crippen LogP contribution in [0.2, 0.25) is 0 Å². The van der Waals surface area contributed by atoms with Crippen molar-refractivity contribution in [2.24, 2.45) is 0 Å². The maximum atomic E-state index is 9.95. The van der Waals surface area contributed by atoms with Gasteiger partial charge in [-0.1, -0.05) is 0 Å². The predicted octanol–water partition coefficient (Wildman–Crippen LogP) is -9.62. The van der Waals surface area contributed by atoms with Gasteiger partial charge in [0, 0.05) is 0 Å². The number of carbonyl (C=O) groups is 4. The first-order chi connectivity index (χ1) is 11.8. The average Bonchev–Trinajstić information content (AvgIpc) is 2.62. The van der Waals surface area contributed by atoms with Crippen LogP contribution < -0.4 is 10.2 Å². The topological polar surface area (TPSA) is 276 Å². The average molecular weight is 411 g/mol. The fourth-order valence-corrected chi connectivity index (χ4v) is 1.22. The summed E-state index contributed by atoms with van der Waals surface area (Å²) in [7, 11) is 0. The van der Waals surface area contributed by atoms with Crippen molar-refractivity contribution in [1.29, 1.82) is 0 Å². The molecule has 0 bridgehead atoms. The number of carboxylic acid groups (broad SMARTS) is 2. The number of hydrogen-bond donors (Lipinski definition) is 8. The third kappa shape index (κ3) is 10.6. The Morgan fingerprint density at radius 3 is 0.963 bits per heavy atom. The van der Waals surface area contributed by atoms with E-state index in [0.717, 1.165) is 0 Å². The minimum Gasteiger partial charge on any atom is -0.547 e. The van der Waals surface area contributed by atoms with Gasteiger partial charge in [0.25, 0.3) is 0 Å². The van der Waals surface area contributed by atoms with Gasteiger partial charge in [0.2, 0.25) is 0 Å². The molecule has 0 spiro atoms.